The van der Waals surface area contributed by atoms with Crippen molar-refractivity contribution < 1.29 is 23.8 Å². The number of rotatable bonds is 9. The van der Waals surface area contributed by atoms with Gasteiger partial charge >= 0.3 is 5.97 Å². The maximum Gasteiger partial charge on any atom is 0.336 e. The number of nitrogens with zero attached hydrogens (tertiary/aromatic N) is 1. The fourth-order valence-electron chi connectivity index (χ4n) is 3.07. The maximum absolute atomic E-state index is 12.4. The van der Waals surface area contributed by atoms with E-state index in [0.717, 1.165) is 16.9 Å². The topological polar surface area (TPSA) is 97.7 Å². The maximum atomic E-state index is 12.4. The molecule has 0 aliphatic heterocycles. The van der Waals surface area contributed by atoms with Crippen molar-refractivity contribution in [3.8, 4) is 23.3 Å². The number of benzene rings is 3. The van der Waals surface area contributed by atoms with Gasteiger partial charge in [0.05, 0.1) is 14.2 Å². The van der Waals surface area contributed by atoms with Crippen LogP contribution in [-0.2, 0) is 16.1 Å². The summed E-state index contributed by atoms with van der Waals surface area (Å²) in [5.41, 5.74) is 2.22. The normalized spacial score (nSPS) is 10.9. The van der Waals surface area contributed by atoms with E-state index in [4.69, 9.17) is 14.2 Å². The minimum absolute atomic E-state index is 0.0600. The van der Waals surface area contributed by atoms with Gasteiger partial charge in [-0.15, -0.1) is 0 Å². The van der Waals surface area contributed by atoms with Crippen LogP contribution in [0.15, 0.2) is 84.4 Å². The number of carbonyl (C=O) groups is 2. The molecule has 0 unspecified atom stereocenters. The summed E-state index contributed by atoms with van der Waals surface area (Å²) in [6.07, 6.45) is 4.37. The summed E-state index contributed by atoms with van der Waals surface area (Å²) >= 11 is 0. The lowest BCUT2D eigenvalue weighted by molar-refractivity contribution is -0.129. The number of hydrogen-bond donors (Lipinski definition) is 1. The molecule has 7 heteroatoms. The average molecular weight is 469 g/mol. The monoisotopic (exact) mass is 468 g/mol. The Morgan fingerprint density at radius 3 is 2.29 bits per heavy atom. The fraction of sp³-hybridized carbons (Fsp3) is 0.107. The predicted molar refractivity (Wildman–Crippen MR) is 133 cm³/mol. The SMILES string of the molecule is COc1ccc(/C=C/C(=O)Oc2ccc(/C=C(\C#N)C(=O)NCc3ccccc3)cc2OC)cc1. The zero-order chi connectivity index (χ0) is 25.0. The van der Waals surface area contributed by atoms with Crippen LogP contribution >= 0.6 is 0 Å². The van der Waals surface area contributed by atoms with Crippen molar-refractivity contribution in [3.05, 3.63) is 101 Å². The first-order valence-electron chi connectivity index (χ1n) is 10.7. The first-order chi connectivity index (χ1) is 17.0. The highest BCUT2D eigenvalue weighted by Crippen LogP contribution is 2.29. The first kappa shape index (κ1) is 24.8. The van der Waals surface area contributed by atoms with Crippen LogP contribution in [-0.4, -0.2) is 26.1 Å². The minimum atomic E-state index is -0.583. The molecule has 176 valence electrons. The molecule has 0 saturated carbocycles. The van der Waals surface area contributed by atoms with E-state index in [-0.39, 0.29) is 17.1 Å². The molecular weight excluding hydrogens is 444 g/mol. The number of nitrogens with one attached hydrogen (secondary N) is 1. The second-order valence-electron chi connectivity index (χ2n) is 7.28. The van der Waals surface area contributed by atoms with Gasteiger partial charge in [-0.3, -0.25) is 4.79 Å². The van der Waals surface area contributed by atoms with Crippen molar-refractivity contribution in [1.29, 1.82) is 5.26 Å². The second kappa shape index (κ2) is 12.4. The second-order valence-corrected chi connectivity index (χ2v) is 7.28. The van der Waals surface area contributed by atoms with Gasteiger partial charge in [0.15, 0.2) is 11.5 Å². The Labute approximate surface area is 203 Å². The van der Waals surface area contributed by atoms with E-state index >= 15 is 0 Å². The summed E-state index contributed by atoms with van der Waals surface area (Å²) in [5.74, 6) is 0.139. The van der Waals surface area contributed by atoms with Gasteiger partial charge in [0.25, 0.3) is 5.91 Å². The summed E-state index contributed by atoms with van der Waals surface area (Å²) in [5, 5.41) is 12.2. The van der Waals surface area contributed by atoms with Gasteiger partial charge in [0, 0.05) is 12.6 Å². The summed E-state index contributed by atoms with van der Waals surface area (Å²) in [6, 6.07) is 23.3. The number of nitriles is 1. The zero-order valence-corrected chi connectivity index (χ0v) is 19.4. The van der Waals surface area contributed by atoms with Crippen molar-refractivity contribution in [2.45, 2.75) is 6.54 Å². The fourth-order valence-corrected chi connectivity index (χ4v) is 3.07. The van der Waals surface area contributed by atoms with Gasteiger partial charge in [0.1, 0.15) is 17.4 Å². The molecule has 3 aromatic rings. The molecule has 3 aromatic carbocycles. The molecule has 1 N–H and O–H groups in total. The predicted octanol–water partition coefficient (Wildman–Crippen LogP) is 4.55. The van der Waals surface area contributed by atoms with Gasteiger partial charge in [-0.1, -0.05) is 48.5 Å². The highest BCUT2D eigenvalue weighted by molar-refractivity contribution is 6.01. The molecule has 0 spiro atoms. The van der Waals surface area contributed by atoms with E-state index in [1.54, 1.807) is 43.5 Å². The van der Waals surface area contributed by atoms with Crippen LogP contribution in [0, 0.1) is 11.3 Å². The molecule has 0 aliphatic rings. The van der Waals surface area contributed by atoms with Crippen LogP contribution in [0.5, 0.6) is 17.2 Å². The third-order valence-corrected chi connectivity index (χ3v) is 4.90. The van der Waals surface area contributed by atoms with Crippen LogP contribution < -0.4 is 19.5 Å². The lowest BCUT2D eigenvalue weighted by Crippen LogP contribution is -2.23. The van der Waals surface area contributed by atoms with E-state index in [1.807, 2.05) is 48.5 Å². The van der Waals surface area contributed by atoms with Crippen LogP contribution in [0.3, 0.4) is 0 Å². The van der Waals surface area contributed by atoms with E-state index in [1.165, 1.54) is 19.3 Å². The molecule has 35 heavy (non-hydrogen) atoms. The Morgan fingerprint density at radius 1 is 0.914 bits per heavy atom. The Kier molecular flexibility index (Phi) is 8.80. The lowest BCUT2D eigenvalue weighted by atomic mass is 10.1. The molecule has 0 radical (unpaired) electrons. The van der Waals surface area contributed by atoms with Crippen LogP contribution in [0.2, 0.25) is 0 Å². The van der Waals surface area contributed by atoms with Crippen molar-refractivity contribution in [2.75, 3.05) is 14.2 Å². The number of methoxy groups -OCH3 is 2. The number of hydrogen-bond acceptors (Lipinski definition) is 6. The molecule has 1 amide bonds. The Hall–Kier alpha value is -4.83. The van der Waals surface area contributed by atoms with Crippen LogP contribution in [0.25, 0.3) is 12.2 Å². The molecule has 3 rings (SSSR count). The first-order valence-corrected chi connectivity index (χ1v) is 10.7. The number of carbonyl (C=O) groups excluding carboxylic acids is 2. The third kappa shape index (κ3) is 7.34. The molecule has 0 aliphatic carbocycles. The standard InChI is InChI=1S/C28H24N2O5/c1-33-24-12-8-20(9-13-24)11-15-27(31)35-25-14-10-22(17-26(25)34-2)16-23(18-29)28(32)30-19-21-6-4-3-5-7-21/h3-17H,19H2,1-2H3,(H,30,32)/b15-11+,23-16+. The van der Waals surface area contributed by atoms with Gasteiger partial charge < -0.3 is 19.5 Å². The van der Waals surface area contributed by atoms with Crippen molar-refractivity contribution >= 4 is 24.0 Å². The molecule has 0 aromatic heterocycles. The van der Waals surface area contributed by atoms with Crippen LogP contribution in [0.4, 0.5) is 0 Å². The van der Waals surface area contributed by atoms with Crippen LogP contribution in [0.1, 0.15) is 16.7 Å². The van der Waals surface area contributed by atoms with E-state index < -0.39 is 11.9 Å². The summed E-state index contributed by atoms with van der Waals surface area (Å²) < 4.78 is 15.8. The molecular formula is C28H24N2O5. The summed E-state index contributed by atoms with van der Waals surface area (Å²) in [4.78, 5) is 24.7. The Balaban J connectivity index is 1.67. The molecule has 0 heterocycles. The van der Waals surface area contributed by atoms with E-state index in [9.17, 15) is 14.9 Å². The summed E-state index contributed by atoms with van der Waals surface area (Å²) in [7, 11) is 3.02. The van der Waals surface area contributed by atoms with Gasteiger partial charge in [-0.05, 0) is 53.1 Å². The summed E-state index contributed by atoms with van der Waals surface area (Å²) in [6.45, 7) is 0.306. The molecule has 0 saturated heterocycles. The van der Waals surface area contributed by atoms with Crippen molar-refractivity contribution in [3.63, 3.8) is 0 Å². The molecule has 0 bridgehead atoms. The number of amides is 1. The Bertz CT molecular complexity index is 1270. The van der Waals surface area contributed by atoms with Crippen molar-refractivity contribution in [1.82, 2.24) is 5.32 Å². The zero-order valence-electron chi connectivity index (χ0n) is 19.4. The molecule has 0 fully saturated rings. The van der Waals surface area contributed by atoms with E-state index in [0.29, 0.717) is 12.1 Å². The molecule has 0 atom stereocenters. The lowest BCUT2D eigenvalue weighted by Gasteiger charge is -2.09. The minimum Gasteiger partial charge on any atom is -0.497 e. The highest BCUT2D eigenvalue weighted by atomic mass is 16.6. The van der Waals surface area contributed by atoms with Crippen molar-refractivity contribution in [2.24, 2.45) is 0 Å². The average Bonchev–Trinajstić information content (AvgIpc) is 2.90. The molecule has 7 nitrogen and oxygen atoms in total. The number of ether oxygens (including phenoxy) is 3. The smallest absolute Gasteiger partial charge is 0.336 e. The van der Waals surface area contributed by atoms with Gasteiger partial charge in [0.2, 0.25) is 0 Å². The van der Waals surface area contributed by atoms with E-state index in [2.05, 4.69) is 5.32 Å². The third-order valence-electron chi connectivity index (χ3n) is 4.90. The quantitative estimate of drug-likeness (QED) is 0.214. The van der Waals surface area contributed by atoms with Gasteiger partial charge in [-0.2, -0.15) is 5.26 Å². The largest absolute Gasteiger partial charge is 0.497 e. The number of esters is 1. The highest BCUT2D eigenvalue weighted by Gasteiger charge is 2.12. The Morgan fingerprint density at radius 2 is 1.63 bits per heavy atom. The van der Waals surface area contributed by atoms with Gasteiger partial charge in [-0.25, -0.2) is 4.79 Å².